The van der Waals surface area contributed by atoms with Gasteiger partial charge in [0.25, 0.3) is 0 Å². The van der Waals surface area contributed by atoms with Crippen molar-refractivity contribution in [1.29, 1.82) is 0 Å². The Morgan fingerprint density at radius 3 is 2.78 bits per heavy atom. The lowest BCUT2D eigenvalue weighted by atomic mass is 9.95. The van der Waals surface area contributed by atoms with E-state index in [4.69, 9.17) is 19.9 Å². The summed E-state index contributed by atoms with van der Waals surface area (Å²) in [6.07, 6.45) is 2.07. The second-order valence-corrected chi connectivity index (χ2v) is 4.83. The molecule has 0 radical (unpaired) electrons. The van der Waals surface area contributed by atoms with Gasteiger partial charge in [-0.05, 0) is 30.7 Å². The maximum atomic E-state index is 5.79. The lowest BCUT2D eigenvalue weighted by molar-refractivity contribution is 0.0922. The normalized spacial score (nSPS) is 26.9. The summed E-state index contributed by atoms with van der Waals surface area (Å²) < 4.78 is 17.1. The molecule has 2 unspecified atom stereocenters. The molecule has 2 aliphatic heterocycles. The minimum Gasteiger partial charge on any atom is -0.490 e. The fourth-order valence-electron chi connectivity index (χ4n) is 2.60. The van der Waals surface area contributed by atoms with Crippen molar-refractivity contribution in [2.45, 2.75) is 18.9 Å². The van der Waals surface area contributed by atoms with Crippen LogP contribution in [0.5, 0.6) is 11.5 Å². The van der Waals surface area contributed by atoms with Crippen LogP contribution in [0.3, 0.4) is 0 Å². The first-order chi connectivity index (χ1) is 8.88. The third-order valence-electron chi connectivity index (χ3n) is 3.62. The van der Waals surface area contributed by atoms with E-state index in [0.717, 1.165) is 43.1 Å². The summed E-state index contributed by atoms with van der Waals surface area (Å²) in [5.74, 6) is 2.07. The van der Waals surface area contributed by atoms with E-state index >= 15 is 0 Å². The molecule has 2 aliphatic rings. The molecule has 0 aliphatic carbocycles. The highest BCUT2D eigenvalue weighted by atomic mass is 16.5. The van der Waals surface area contributed by atoms with E-state index in [1.54, 1.807) is 0 Å². The van der Waals surface area contributed by atoms with Crippen molar-refractivity contribution in [2.24, 2.45) is 11.7 Å². The molecule has 4 nitrogen and oxygen atoms in total. The van der Waals surface area contributed by atoms with Crippen LogP contribution in [0, 0.1) is 5.92 Å². The zero-order valence-electron chi connectivity index (χ0n) is 10.4. The summed E-state index contributed by atoms with van der Waals surface area (Å²) in [5.41, 5.74) is 6.93. The van der Waals surface area contributed by atoms with Gasteiger partial charge in [-0.1, -0.05) is 6.07 Å². The number of ether oxygens (including phenoxy) is 3. The van der Waals surface area contributed by atoms with Gasteiger partial charge in [0.05, 0.1) is 19.3 Å². The summed E-state index contributed by atoms with van der Waals surface area (Å²) in [6, 6.07) is 6.08. The van der Waals surface area contributed by atoms with Gasteiger partial charge in [-0.3, -0.25) is 0 Å². The topological polar surface area (TPSA) is 53.7 Å². The average Bonchev–Trinajstić information content (AvgIpc) is 2.76. The lowest BCUT2D eigenvalue weighted by Crippen LogP contribution is -2.17. The Morgan fingerprint density at radius 1 is 1.11 bits per heavy atom. The summed E-state index contributed by atoms with van der Waals surface area (Å²) in [5, 5.41) is 0. The zero-order chi connectivity index (χ0) is 12.4. The largest absolute Gasteiger partial charge is 0.490 e. The van der Waals surface area contributed by atoms with Gasteiger partial charge in [0.1, 0.15) is 0 Å². The van der Waals surface area contributed by atoms with E-state index in [2.05, 4.69) is 6.07 Å². The molecular weight excluding hydrogens is 230 g/mol. The van der Waals surface area contributed by atoms with Crippen LogP contribution in [-0.2, 0) is 4.74 Å². The van der Waals surface area contributed by atoms with Gasteiger partial charge in [0, 0.05) is 18.9 Å². The van der Waals surface area contributed by atoms with Gasteiger partial charge in [-0.2, -0.15) is 0 Å². The number of nitrogens with two attached hydrogens (primary N) is 1. The molecule has 1 aromatic carbocycles. The van der Waals surface area contributed by atoms with Crippen LogP contribution in [-0.4, -0.2) is 26.4 Å². The Hall–Kier alpha value is -1.26. The molecule has 4 heteroatoms. The van der Waals surface area contributed by atoms with E-state index < -0.39 is 0 Å². The first kappa shape index (κ1) is 11.8. The highest BCUT2D eigenvalue weighted by Crippen LogP contribution is 2.38. The smallest absolute Gasteiger partial charge is 0.161 e. The molecule has 0 bridgehead atoms. The van der Waals surface area contributed by atoms with Crippen LogP contribution in [0.4, 0.5) is 0 Å². The molecule has 1 saturated heterocycles. The first-order valence-electron chi connectivity index (χ1n) is 6.59. The minimum atomic E-state index is 0.104. The van der Waals surface area contributed by atoms with Crippen molar-refractivity contribution in [3.8, 4) is 11.5 Å². The van der Waals surface area contributed by atoms with Gasteiger partial charge < -0.3 is 19.9 Å². The van der Waals surface area contributed by atoms with Crippen LogP contribution in [0.25, 0.3) is 0 Å². The van der Waals surface area contributed by atoms with Crippen molar-refractivity contribution in [3.63, 3.8) is 0 Å². The third-order valence-corrected chi connectivity index (χ3v) is 3.62. The van der Waals surface area contributed by atoms with Crippen molar-refractivity contribution >= 4 is 0 Å². The summed E-state index contributed by atoms with van der Waals surface area (Å²) in [6.45, 7) is 2.89. The predicted octanol–water partition coefficient (Wildman–Crippen LogP) is 1.88. The molecule has 98 valence electrons. The molecule has 2 N–H and O–H groups in total. The number of rotatable bonds is 2. The second-order valence-electron chi connectivity index (χ2n) is 4.83. The van der Waals surface area contributed by atoms with E-state index in [9.17, 15) is 0 Å². The summed E-state index contributed by atoms with van der Waals surface area (Å²) in [4.78, 5) is 0. The fraction of sp³-hybridized carbons (Fsp3) is 0.571. The standard InChI is InChI=1S/C14H19NO3/c15-9-11-4-7-18-14(11)10-2-3-12-13(8-10)17-6-1-5-16-12/h2-3,8,11,14H,1,4-7,9,15H2. The molecule has 2 heterocycles. The Bertz CT molecular complexity index is 422. The van der Waals surface area contributed by atoms with Gasteiger partial charge in [-0.15, -0.1) is 0 Å². The number of fused-ring (bicyclic) bond motifs is 1. The monoisotopic (exact) mass is 249 g/mol. The van der Waals surface area contributed by atoms with Crippen LogP contribution in [0.15, 0.2) is 18.2 Å². The fourth-order valence-corrected chi connectivity index (χ4v) is 2.60. The molecule has 1 fully saturated rings. The van der Waals surface area contributed by atoms with Crippen molar-refractivity contribution in [1.82, 2.24) is 0 Å². The SMILES string of the molecule is NCC1CCOC1c1ccc2c(c1)OCCCO2. The van der Waals surface area contributed by atoms with Crippen LogP contribution in [0.1, 0.15) is 24.5 Å². The predicted molar refractivity (Wildman–Crippen MR) is 67.9 cm³/mol. The zero-order valence-corrected chi connectivity index (χ0v) is 10.4. The summed E-state index contributed by atoms with van der Waals surface area (Å²) in [7, 11) is 0. The highest BCUT2D eigenvalue weighted by molar-refractivity contribution is 5.44. The highest BCUT2D eigenvalue weighted by Gasteiger charge is 2.29. The molecule has 0 amide bonds. The second kappa shape index (κ2) is 5.16. The number of benzene rings is 1. The van der Waals surface area contributed by atoms with Crippen molar-refractivity contribution in [2.75, 3.05) is 26.4 Å². The van der Waals surface area contributed by atoms with Crippen molar-refractivity contribution in [3.05, 3.63) is 23.8 Å². The minimum absolute atomic E-state index is 0.104. The van der Waals surface area contributed by atoms with Crippen molar-refractivity contribution < 1.29 is 14.2 Å². The number of hydrogen-bond acceptors (Lipinski definition) is 4. The van der Waals surface area contributed by atoms with Crippen LogP contribution in [0.2, 0.25) is 0 Å². The molecule has 3 rings (SSSR count). The Balaban J connectivity index is 1.87. The average molecular weight is 249 g/mol. The molecule has 1 aromatic rings. The molecule has 2 atom stereocenters. The third kappa shape index (κ3) is 2.18. The number of hydrogen-bond donors (Lipinski definition) is 1. The Kier molecular flexibility index (Phi) is 3.39. The van der Waals surface area contributed by atoms with E-state index in [1.807, 2.05) is 12.1 Å². The van der Waals surface area contributed by atoms with Crippen LogP contribution >= 0.6 is 0 Å². The Labute approximate surface area is 107 Å². The van der Waals surface area contributed by atoms with E-state index in [0.29, 0.717) is 19.1 Å². The molecule has 0 saturated carbocycles. The van der Waals surface area contributed by atoms with Gasteiger partial charge >= 0.3 is 0 Å². The van der Waals surface area contributed by atoms with Crippen LogP contribution < -0.4 is 15.2 Å². The van der Waals surface area contributed by atoms with Gasteiger partial charge in [0.2, 0.25) is 0 Å². The molecule has 0 aromatic heterocycles. The lowest BCUT2D eigenvalue weighted by Gasteiger charge is -2.18. The van der Waals surface area contributed by atoms with Gasteiger partial charge in [0.15, 0.2) is 11.5 Å². The molecular formula is C14H19NO3. The molecule has 0 spiro atoms. The van der Waals surface area contributed by atoms with E-state index in [1.165, 1.54) is 0 Å². The van der Waals surface area contributed by atoms with Gasteiger partial charge in [-0.25, -0.2) is 0 Å². The maximum absolute atomic E-state index is 5.79. The maximum Gasteiger partial charge on any atom is 0.161 e. The van der Waals surface area contributed by atoms with E-state index in [-0.39, 0.29) is 6.10 Å². The molecule has 18 heavy (non-hydrogen) atoms. The Morgan fingerprint density at radius 2 is 1.94 bits per heavy atom. The first-order valence-corrected chi connectivity index (χ1v) is 6.59. The quantitative estimate of drug-likeness (QED) is 0.869. The summed E-state index contributed by atoms with van der Waals surface area (Å²) >= 11 is 0.